The maximum atomic E-state index is 12.4. The fraction of sp³-hybridized carbons (Fsp3) is 0.364. The van der Waals surface area contributed by atoms with Crippen LogP contribution in [0.25, 0.3) is 0 Å². The van der Waals surface area contributed by atoms with Crippen molar-refractivity contribution in [3.63, 3.8) is 0 Å². The molecule has 18 heavy (non-hydrogen) atoms. The average molecular weight is 288 g/mol. The Morgan fingerprint density at radius 1 is 1.50 bits per heavy atom. The number of nitrogen functional groups attached to an aromatic ring is 1. The summed E-state index contributed by atoms with van der Waals surface area (Å²) in [5.74, 6) is 0. The Kier molecular flexibility index (Phi) is 4.96. The summed E-state index contributed by atoms with van der Waals surface area (Å²) in [4.78, 5) is -0.0912. The Hall–Kier alpha value is -1.29. The van der Waals surface area contributed by atoms with Crippen LogP contribution in [0.1, 0.15) is 13.3 Å². The number of hydrogen-bond acceptors (Lipinski definition) is 4. The third kappa shape index (κ3) is 2.93. The zero-order chi connectivity index (χ0) is 13.8. The Labute approximate surface area is 112 Å². The van der Waals surface area contributed by atoms with Crippen LogP contribution in [0.5, 0.6) is 0 Å². The van der Waals surface area contributed by atoms with Crippen molar-refractivity contribution in [1.29, 1.82) is 5.26 Å². The molecule has 0 atom stereocenters. The van der Waals surface area contributed by atoms with Crippen LogP contribution in [-0.2, 0) is 10.0 Å². The van der Waals surface area contributed by atoms with E-state index in [1.54, 1.807) is 13.0 Å². The van der Waals surface area contributed by atoms with Crippen molar-refractivity contribution in [1.82, 2.24) is 4.31 Å². The number of nitrogens with zero attached hydrogens (tertiary/aromatic N) is 2. The van der Waals surface area contributed by atoms with Crippen LogP contribution in [0, 0.1) is 11.3 Å². The van der Waals surface area contributed by atoms with E-state index in [0.717, 1.165) is 0 Å². The van der Waals surface area contributed by atoms with Gasteiger partial charge < -0.3 is 5.73 Å². The van der Waals surface area contributed by atoms with Crippen molar-refractivity contribution in [2.75, 3.05) is 18.8 Å². The molecule has 1 aromatic carbocycles. The van der Waals surface area contributed by atoms with Crippen molar-refractivity contribution in [2.24, 2.45) is 0 Å². The molecule has 1 rings (SSSR count). The predicted octanol–water partition coefficient (Wildman–Crippen LogP) is 1.85. The Morgan fingerprint density at radius 2 is 2.17 bits per heavy atom. The lowest BCUT2D eigenvalue weighted by atomic mass is 10.3. The summed E-state index contributed by atoms with van der Waals surface area (Å²) in [7, 11) is -3.76. The van der Waals surface area contributed by atoms with Gasteiger partial charge in [0.1, 0.15) is 4.90 Å². The van der Waals surface area contributed by atoms with Crippen molar-refractivity contribution < 1.29 is 8.42 Å². The van der Waals surface area contributed by atoms with E-state index in [4.69, 9.17) is 22.6 Å². The molecule has 0 unspecified atom stereocenters. The molecule has 2 N–H and O–H groups in total. The van der Waals surface area contributed by atoms with Gasteiger partial charge in [0.15, 0.2) is 0 Å². The second-order valence-corrected chi connectivity index (χ2v) is 5.84. The molecule has 0 heterocycles. The number of nitriles is 1. The second kappa shape index (κ2) is 6.05. The number of sulfonamides is 1. The molecule has 0 aromatic heterocycles. The van der Waals surface area contributed by atoms with E-state index in [1.165, 1.54) is 16.4 Å². The molecule has 0 saturated heterocycles. The third-order valence-electron chi connectivity index (χ3n) is 2.42. The highest BCUT2D eigenvalue weighted by Gasteiger charge is 2.27. The van der Waals surface area contributed by atoms with Gasteiger partial charge in [0.05, 0.1) is 16.8 Å². The van der Waals surface area contributed by atoms with Gasteiger partial charge in [-0.15, -0.1) is 0 Å². The molecule has 0 aliphatic rings. The third-order valence-corrected chi connectivity index (χ3v) is 4.94. The van der Waals surface area contributed by atoms with Gasteiger partial charge in [0, 0.05) is 19.5 Å². The first-order valence-corrected chi connectivity index (χ1v) is 7.18. The summed E-state index contributed by atoms with van der Waals surface area (Å²) < 4.78 is 25.9. The molecular weight excluding hydrogens is 274 g/mol. The number of benzene rings is 1. The molecule has 5 nitrogen and oxygen atoms in total. The summed E-state index contributed by atoms with van der Waals surface area (Å²) in [6, 6.07) is 6.46. The maximum absolute atomic E-state index is 12.4. The van der Waals surface area contributed by atoms with Gasteiger partial charge in [0.25, 0.3) is 0 Å². The van der Waals surface area contributed by atoms with E-state index in [0.29, 0.717) is 0 Å². The standard InChI is InChI=1S/C11H14ClN3O2S/c1-2-15(8-4-7-13)18(16,17)11-9(12)5-3-6-10(11)14/h3,5-6H,2,4,8,14H2,1H3. The molecule has 0 fully saturated rings. The zero-order valence-electron chi connectivity index (χ0n) is 9.93. The van der Waals surface area contributed by atoms with Crippen molar-refractivity contribution in [2.45, 2.75) is 18.2 Å². The van der Waals surface area contributed by atoms with E-state index < -0.39 is 10.0 Å². The van der Waals surface area contributed by atoms with Gasteiger partial charge in [0.2, 0.25) is 10.0 Å². The highest BCUT2D eigenvalue weighted by Crippen LogP contribution is 2.29. The molecule has 0 aliphatic heterocycles. The number of nitrogens with two attached hydrogens (primary N) is 1. The summed E-state index contributed by atoms with van der Waals surface area (Å²) in [6.45, 7) is 2.08. The Morgan fingerprint density at radius 3 is 2.67 bits per heavy atom. The quantitative estimate of drug-likeness (QED) is 0.837. The minimum absolute atomic E-state index is 0.0883. The lowest BCUT2D eigenvalue weighted by Gasteiger charge is -2.20. The van der Waals surface area contributed by atoms with Crippen molar-refractivity contribution in [3.05, 3.63) is 23.2 Å². The minimum atomic E-state index is -3.76. The van der Waals surface area contributed by atoms with E-state index >= 15 is 0 Å². The number of anilines is 1. The molecule has 0 spiro atoms. The largest absolute Gasteiger partial charge is 0.398 e. The number of rotatable bonds is 5. The summed E-state index contributed by atoms with van der Waals surface area (Å²) in [6.07, 6.45) is 0.122. The first-order valence-electron chi connectivity index (χ1n) is 5.36. The molecule has 7 heteroatoms. The topological polar surface area (TPSA) is 87.2 Å². The van der Waals surface area contributed by atoms with E-state index in [1.807, 2.05) is 6.07 Å². The van der Waals surface area contributed by atoms with Crippen LogP contribution in [-0.4, -0.2) is 25.8 Å². The second-order valence-electron chi connectivity index (χ2n) is 3.56. The minimum Gasteiger partial charge on any atom is -0.398 e. The SMILES string of the molecule is CCN(CCC#N)S(=O)(=O)c1c(N)cccc1Cl. The summed E-state index contributed by atoms with van der Waals surface area (Å²) in [5.41, 5.74) is 5.78. The molecular formula is C11H14ClN3O2S. The van der Waals surface area contributed by atoms with Gasteiger partial charge in [-0.1, -0.05) is 24.6 Å². The van der Waals surface area contributed by atoms with Gasteiger partial charge >= 0.3 is 0 Å². The number of hydrogen-bond donors (Lipinski definition) is 1. The highest BCUT2D eigenvalue weighted by molar-refractivity contribution is 7.89. The molecule has 1 aromatic rings. The predicted molar refractivity (Wildman–Crippen MR) is 70.5 cm³/mol. The fourth-order valence-corrected chi connectivity index (χ4v) is 3.63. The molecule has 98 valence electrons. The molecule has 0 amide bonds. The molecule has 0 saturated carbocycles. The monoisotopic (exact) mass is 287 g/mol. The Balaban J connectivity index is 3.24. The lowest BCUT2D eigenvalue weighted by Crippen LogP contribution is -2.32. The molecule has 0 radical (unpaired) electrons. The van der Waals surface area contributed by atoms with Gasteiger partial charge in [-0.3, -0.25) is 0 Å². The van der Waals surface area contributed by atoms with Crippen LogP contribution in [0.4, 0.5) is 5.69 Å². The number of halogens is 1. The fourth-order valence-electron chi connectivity index (χ4n) is 1.55. The van der Waals surface area contributed by atoms with Crippen molar-refractivity contribution >= 4 is 27.3 Å². The van der Waals surface area contributed by atoms with E-state index in [2.05, 4.69) is 0 Å². The maximum Gasteiger partial charge on any atom is 0.246 e. The highest BCUT2D eigenvalue weighted by atomic mass is 35.5. The van der Waals surface area contributed by atoms with Crippen LogP contribution < -0.4 is 5.73 Å². The smallest absolute Gasteiger partial charge is 0.246 e. The van der Waals surface area contributed by atoms with Crippen LogP contribution in [0.3, 0.4) is 0 Å². The van der Waals surface area contributed by atoms with Crippen LogP contribution in [0.2, 0.25) is 5.02 Å². The molecule has 0 bridgehead atoms. The summed E-state index contributed by atoms with van der Waals surface area (Å²) >= 11 is 5.90. The first-order chi connectivity index (χ1) is 8.45. The van der Waals surface area contributed by atoms with Gasteiger partial charge in [-0.25, -0.2) is 8.42 Å². The molecule has 0 aliphatic carbocycles. The van der Waals surface area contributed by atoms with Gasteiger partial charge in [-0.2, -0.15) is 9.57 Å². The van der Waals surface area contributed by atoms with Crippen LogP contribution >= 0.6 is 11.6 Å². The average Bonchev–Trinajstić information content (AvgIpc) is 2.29. The van der Waals surface area contributed by atoms with Gasteiger partial charge in [-0.05, 0) is 12.1 Å². The van der Waals surface area contributed by atoms with Crippen molar-refractivity contribution in [3.8, 4) is 6.07 Å². The Bertz CT molecular complexity index is 546. The normalized spacial score (nSPS) is 11.4. The first kappa shape index (κ1) is 14.8. The van der Waals surface area contributed by atoms with E-state index in [9.17, 15) is 8.42 Å². The lowest BCUT2D eigenvalue weighted by molar-refractivity contribution is 0.435. The summed E-state index contributed by atoms with van der Waals surface area (Å²) in [5, 5.41) is 8.62. The van der Waals surface area contributed by atoms with E-state index in [-0.39, 0.29) is 35.1 Å². The zero-order valence-corrected chi connectivity index (χ0v) is 11.5. The van der Waals surface area contributed by atoms with Crippen LogP contribution in [0.15, 0.2) is 23.1 Å².